The van der Waals surface area contributed by atoms with E-state index in [0.717, 1.165) is 22.3 Å². The van der Waals surface area contributed by atoms with E-state index >= 15 is 0 Å². The van der Waals surface area contributed by atoms with Crippen molar-refractivity contribution in [2.24, 2.45) is 11.8 Å². The number of rotatable bonds is 16. The van der Waals surface area contributed by atoms with Gasteiger partial charge in [-0.25, -0.2) is 14.9 Å². The van der Waals surface area contributed by atoms with E-state index in [0.29, 0.717) is 47.4 Å². The first-order valence-electron chi connectivity index (χ1n) is 20.8. The van der Waals surface area contributed by atoms with Gasteiger partial charge in [-0.3, -0.25) is 33.7 Å². The second kappa shape index (κ2) is 35.0. The van der Waals surface area contributed by atoms with Gasteiger partial charge in [0.25, 0.3) is 23.6 Å². The first kappa shape index (κ1) is 64.9. The molecule has 2 N–H and O–H groups in total. The van der Waals surface area contributed by atoms with Crippen LogP contribution in [0.2, 0.25) is 0 Å². The predicted molar refractivity (Wildman–Crippen MR) is 292 cm³/mol. The minimum absolute atomic E-state index is 0. The Morgan fingerprint density at radius 2 is 0.971 bits per heavy atom. The molecule has 2 aliphatic rings. The van der Waals surface area contributed by atoms with Gasteiger partial charge in [0.1, 0.15) is 10.1 Å². The first-order chi connectivity index (χ1) is 30.5. The quantitative estimate of drug-likeness (QED) is 0.0809. The number of hydrogen-bond acceptors (Lipinski definition) is 12. The Bertz CT molecular complexity index is 2130. The number of hydrogen-bond donors (Lipinski definition) is 2. The Morgan fingerprint density at radius 3 is 1.37 bits per heavy atom. The molecule has 0 fully saturated rings. The van der Waals surface area contributed by atoms with Gasteiger partial charge < -0.3 is 10.6 Å². The molecule has 4 heterocycles. The van der Waals surface area contributed by atoms with Crippen LogP contribution in [0.25, 0.3) is 0 Å². The van der Waals surface area contributed by atoms with Crippen LogP contribution in [0.3, 0.4) is 0 Å². The lowest BCUT2D eigenvalue weighted by Crippen LogP contribution is -2.33. The number of anilines is 2. The molecule has 2 aliphatic heterocycles. The third-order valence-corrected chi connectivity index (χ3v) is 12.8. The molecular weight excluding hydrogens is 933 g/mol. The first-order valence-corrected chi connectivity index (χ1v) is 25.4. The summed E-state index contributed by atoms with van der Waals surface area (Å²) in [6.07, 6.45) is 8.70. The van der Waals surface area contributed by atoms with E-state index in [1.165, 1.54) is 88.4 Å². The predicted octanol–water partition coefficient (Wildman–Crippen LogP) is 12.5. The van der Waals surface area contributed by atoms with Crippen molar-refractivity contribution in [2.45, 2.75) is 107 Å². The standard InChI is InChI=1S/C16H18N2OS2.C13H13NO2.C11H16N2OS2.C8H11NO2.4CH4/c1-12(2)13-6-8-14(9-7-13)18-15(19)11-20-21-16-5-3-4-10-17-16;1-9(2)10-3-5-11(6-4-10)14-12(15)7-8-13(14)16;1-9(2)7-13-10(14)8-15-16-11-5-3-4-6-12-11;1-6(2)5-9-7(10)3-4-8(9)11;;;;/h3-10,12H,11H2,1-2H3,(H,18,19);3-9H,1-2H3;3-6,9H,7-8H2,1-2H3,(H,13,14);3-4,6H,5H2,1-2H3;4*1H4. The topological polar surface area (TPSA) is 159 Å². The van der Waals surface area contributed by atoms with Gasteiger partial charge in [0.15, 0.2) is 0 Å². The smallest absolute Gasteiger partial charge is 0.258 e. The van der Waals surface area contributed by atoms with Crippen molar-refractivity contribution in [3.05, 3.63) is 133 Å². The van der Waals surface area contributed by atoms with Crippen molar-refractivity contribution in [3.63, 3.8) is 0 Å². The van der Waals surface area contributed by atoms with Crippen molar-refractivity contribution in [1.82, 2.24) is 20.2 Å². The number of aromatic nitrogens is 2. The van der Waals surface area contributed by atoms with Gasteiger partial charge in [0.05, 0.1) is 17.2 Å². The van der Waals surface area contributed by atoms with Crippen molar-refractivity contribution in [3.8, 4) is 0 Å². The Kier molecular flexibility index (Phi) is 33.4. The highest BCUT2D eigenvalue weighted by Crippen LogP contribution is 2.30. The summed E-state index contributed by atoms with van der Waals surface area (Å²) < 4.78 is 0. The van der Waals surface area contributed by atoms with E-state index in [1.54, 1.807) is 24.5 Å². The summed E-state index contributed by atoms with van der Waals surface area (Å²) in [7, 11) is 6.03. The van der Waals surface area contributed by atoms with Crippen molar-refractivity contribution >= 4 is 90.0 Å². The molecule has 0 spiro atoms. The van der Waals surface area contributed by atoms with Gasteiger partial charge in [-0.05, 0) is 105 Å². The van der Waals surface area contributed by atoms with Crippen molar-refractivity contribution in [1.29, 1.82) is 0 Å². The Balaban J connectivity index is 0. The monoisotopic (exact) mass is 1010 g/mol. The van der Waals surface area contributed by atoms with E-state index in [1.807, 2.05) is 74.5 Å². The molecule has 12 nitrogen and oxygen atoms in total. The molecule has 6 amide bonds. The van der Waals surface area contributed by atoms with E-state index in [-0.39, 0.29) is 65.1 Å². The Morgan fingerprint density at radius 1 is 0.544 bits per heavy atom. The third-order valence-electron chi connectivity index (χ3n) is 8.59. The summed E-state index contributed by atoms with van der Waals surface area (Å²) in [4.78, 5) is 78.7. The summed E-state index contributed by atoms with van der Waals surface area (Å²) in [6, 6.07) is 27.0. The molecular formula is C52H74N6O6S4. The van der Waals surface area contributed by atoms with Gasteiger partial charge >= 0.3 is 0 Å². The number of carbonyl (C=O) groups is 6. The molecule has 0 unspecified atom stereocenters. The number of nitrogens with one attached hydrogen (secondary N) is 2. The molecule has 4 aromatic rings. The fraction of sp³-hybridized carbons (Fsp3) is 0.385. The number of amides is 6. The van der Waals surface area contributed by atoms with Gasteiger partial charge in [0, 0.05) is 55.5 Å². The summed E-state index contributed by atoms with van der Waals surface area (Å²) in [6.45, 7) is 17.9. The molecule has 0 atom stereocenters. The largest absolute Gasteiger partial charge is 0.355 e. The van der Waals surface area contributed by atoms with Crippen LogP contribution in [0.5, 0.6) is 0 Å². The molecule has 0 saturated heterocycles. The molecule has 0 aliphatic carbocycles. The number of nitrogens with zero attached hydrogens (tertiary/aromatic N) is 4. The Hall–Kier alpha value is -5.16. The average Bonchev–Trinajstić information content (AvgIpc) is 3.78. The fourth-order valence-corrected chi connectivity index (χ4v) is 8.77. The maximum absolute atomic E-state index is 11.9. The molecule has 0 bridgehead atoms. The highest BCUT2D eigenvalue weighted by atomic mass is 33.1. The maximum Gasteiger partial charge on any atom is 0.258 e. The zero-order valence-corrected chi connectivity index (χ0v) is 40.8. The molecule has 2 aromatic heterocycles. The summed E-state index contributed by atoms with van der Waals surface area (Å²) in [5.41, 5.74) is 3.93. The van der Waals surface area contributed by atoms with Crippen LogP contribution in [0, 0.1) is 11.8 Å². The second-order valence-electron chi connectivity index (χ2n) is 15.7. The van der Waals surface area contributed by atoms with Crippen LogP contribution < -0.4 is 15.5 Å². The van der Waals surface area contributed by atoms with E-state index in [4.69, 9.17) is 0 Å². The van der Waals surface area contributed by atoms with Crippen LogP contribution >= 0.6 is 43.2 Å². The number of imide groups is 2. The molecule has 372 valence electrons. The highest BCUT2D eigenvalue weighted by molar-refractivity contribution is 8.77. The Labute approximate surface area is 423 Å². The third kappa shape index (κ3) is 24.7. The van der Waals surface area contributed by atoms with Gasteiger partial charge in [0.2, 0.25) is 11.8 Å². The van der Waals surface area contributed by atoms with E-state index in [9.17, 15) is 28.8 Å². The summed E-state index contributed by atoms with van der Waals surface area (Å²) in [5, 5.41) is 7.62. The van der Waals surface area contributed by atoms with Gasteiger partial charge in [-0.15, -0.1) is 0 Å². The number of benzene rings is 2. The van der Waals surface area contributed by atoms with Crippen LogP contribution in [0.15, 0.2) is 132 Å². The SMILES string of the molecule is C.C.C.C.CC(C)CN1C(=O)C=CC1=O.CC(C)CNC(=O)CSSc1ccccn1.CC(C)c1ccc(N2C(=O)C=CC2=O)cc1.CC(C)c1ccc(NC(=O)CSSc2ccccn2)cc1. The summed E-state index contributed by atoms with van der Waals surface area (Å²) >= 11 is 0. The fourth-order valence-electron chi connectivity index (χ4n) is 5.24. The molecule has 6 rings (SSSR count). The van der Waals surface area contributed by atoms with Crippen molar-refractivity contribution < 1.29 is 28.8 Å². The molecule has 0 saturated carbocycles. The average molecular weight is 1010 g/mol. The van der Waals surface area contributed by atoms with Crippen LogP contribution in [0.4, 0.5) is 11.4 Å². The van der Waals surface area contributed by atoms with Gasteiger partial charge in [-0.1, -0.05) is 143 Å². The van der Waals surface area contributed by atoms with Crippen LogP contribution in [-0.4, -0.2) is 74.9 Å². The minimum Gasteiger partial charge on any atom is -0.355 e. The number of carbonyl (C=O) groups excluding carboxylic acids is 6. The lowest BCUT2D eigenvalue weighted by Gasteiger charge is -2.15. The normalized spacial score (nSPS) is 12.1. The zero-order valence-electron chi connectivity index (χ0n) is 37.6. The highest BCUT2D eigenvalue weighted by Gasteiger charge is 2.25. The minimum atomic E-state index is -0.276. The second-order valence-corrected chi connectivity index (χ2v) is 20.3. The number of pyridine rings is 2. The van der Waals surface area contributed by atoms with Crippen molar-refractivity contribution in [2.75, 3.05) is 34.8 Å². The zero-order chi connectivity index (χ0) is 47.0. The van der Waals surface area contributed by atoms with Crippen LogP contribution in [-0.2, 0) is 28.8 Å². The van der Waals surface area contributed by atoms with E-state index in [2.05, 4.69) is 74.3 Å². The molecule has 16 heteroatoms. The summed E-state index contributed by atoms with van der Waals surface area (Å²) in [5.74, 6) is 1.79. The lowest BCUT2D eigenvalue weighted by molar-refractivity contribution is -0.137. The lowest BCUT2D eigenvalue weighted by atomic mass is 10.0. The molecule has 2 aromatic carbocycles. The van der Waals surface area contributed by atoms with E-state index < -0.39 is 0 Å². The van der Waals surface area contributed by atoms with Crippen LogP contribution in [0.1, 0.15) is 108 Å². The molecule has 68 heavy (non-hydrogen) atoms. The maximum atomic E-state index is 11.9. The molecule has 0 radical (unpaired) electrons. The van der Waals surface area contributed by atoms with Gasteiger partial charge in [-0.2, -0.15) is 0 Å².